The molecule has 0 unspecified atom stereocenters. The summed E-state index contributed by atoms with van der Waals surface area (Å²) in [6, 6.07) is 10.7. The van der Waals surface area contributed by atoms with Gasteiger partial charge in [-0.1, -0.05) is 0 Å². The maximum Gasteiger partial charge on any atom is 0.341 e. The molecule has 0 bridgehead atoms. The second-order valence-electron chi connectivity index (χ2n) is 3.69. The molecule has 0 aliphatic rings. The van der Waals surface area contributed by atoms with Crippen LogP contribution in [0.4, 0.5) is 4.39 Å². The van der Waals surface area contributed by atoms with Gasteiger partial charge < -0.3 is 9.47 Å². The number of hydrogen-bond donors (Lipinski definition) is 0. The predicted molar refractivity (Wildman–Crippen MR) is 77.0 cm³/mol. The Bertz CT molecular complexity index is 596. The van der Waals surface area contributed by atoms with Crippen LogP contribution in [0.5, 0.6) is 11.5 Å². The summed E-state index contributed by atoms with van der Waals surface area (Å²) in [5, 5.41) is 0. The molecule has 19 heavy (non-hydrogen) atoms. The maximum atomic E-state index is 12.8. The average molecular weight is 372 g/mol. The number of carbonyl (C=O) groups excluding carboxylic acids is 1. The summed E-state index contributed by atoms with van der Waals surface area (Å²) >= 11 is 2.09. The van der Waals surface area contributed by atoms with Crippen LogP contribution in [0.2, 0.25) is 0 Å². The molecule has 0 aliphatic heterocycles. The zero-order valence-electron chi connectivity index (χ0n) is 10.0. The van der Waals surface area contributed by atoms with Crippen LogP contribution in [0, 0.1) is 9.39 Å². The summed E-state index contributed by atoms with van der Waals surface area (Å²) in [7, 11) is 1.31. The Hall–Kier alpha value is -1.63. The molecule has 0 amide bonds. The van der Waals surface area contributed by atoms with Gasteiger partial charge in [-0.05, 0) is 65.1 Å². The van der Waals surface area contributed by atoms with Gasteiger partial charge in [0.1, 0.15) is 22.9 Å². The number of ether oxygens (including phenoxy) is 2. The summed E-state index contributed by atoms with van der Waals surface area (Å²) in [5.74, 6) is 0.00501. The molecule has 0 heterocycles. The van der Waals surface area contributed by atoms with Crippen LogP contribution in [0.25, 0.3) is 0 Å². The van der Waals surface area contributed by atoms with E-state index in [1.165, 1.54) is 31.4 Å². The molecule has 2 rings (SSSR count). The van der Waals surface area contributed by atoms with Gasteiger partial charge in [-0.2, -0.15) is 0 Å². The Morgan fingerprint density at radius 3 is 2.47 bits per heavy atom. The van der Waals surface area contributed by atoms with Crippen LogP contribution >= 0.6 is 22.6 Å². The molecule has 0 aromatic heterocycles. The molecule has 2 aromatic carbocycles. The highest BCUT2D eigenvalue weighted by molar-refractivity contribution is 14.1. The third kappa shape index (κ3) is 3.44. The maximum absolute atomic E-state index is 12.8. The van der Waals surface area contributed by atoms with E-state index in [1.54, 1.807) is 12.1 Å². The first-order chi connectivity index (χ1) is 9.10. The topological polar surface area (TPSA) is 35.5 Å². The summed E-state index contributed by atoms with van der Waals surface area (Å²) in [6.07, 6.45) is 0. The van der Waals surface area contributed by atoms with Gasteiger partial charge in [0.05, 0.1) is 7.11 Å². The smallest absolute Gasteiger partial charge is 0.341 e. The van der Waals surface area contributed by atoms with Crippen molar-refractivity contribution < 1.29 is 18.7 Å². The second-order valence-corrected chi connectivity index (χ2v) is 4.93. The van der Waals surface area contributed by atoms with E-state index in [1.807, 2.05) is 6.07 Å². The van der Waals surface area contributed by atoms with E-state index in [0.29, 0.717) is 17.1 Å². The molecule has 5 heteroatoms. The first kappa shape index (κ1) is 13.8. The summed E-state index contributed by atoms with van der Waals surface area (Å²) in [4.78, 5) is 11.7. The van der Waals surface area contributed by atoms with Crippen LogP contribution in [0.1, 0.15) is 10.4 Å². The van der Waals surface area contributed by atoms with Crippen LogP contribution in [0.3, 0.4) is 0 Å². The molecule has 0 fully saturated rings. The fraction of sp³-hybridized carbons (Fsp3) is 0.0714. The molecule has 2 aromatic rings. The number of carbonyl (C=O) groups is 1. The van der Waals surface area contributed by atoms with Gasteiger partial charge in [0.2, 0.25) is 0 Å². The van der Waals surface area contributed by atoms with E-state index in [2.05, 4.69) is 22.6 Å². The highest BCUT2D eigenvalue weighted by Crippen LogP contribution is 2.27. The fourth-order valence-electron chi connectivity index (χ4n) is 1.49. The van der Waals surface area contributed by atoms with Crippen molar-refractivity contribution >= 4 is 28.6 Å². The van der Waals surface area contributed by atoms with Crippen molar-refractivity contribution in [3.63, 3.8) is 0 Å². The lowest BCUT2D eigenvalue weighted by atomic mass is 10.2. The summed E-state index contributed by atoms with van der Waals surface area (Å²) in [6.45, 7) is 0. The van der Waals surface area contributed by atoms with E-state index in [4.69, 9.17) is 9.47 Å². The highest BCUT2D eigenvalue weighted by atomic mass is 127. The number of hydrogen-bond acceptors (Lipinski definition) is 3. The van der Waals surface area contributed by atoms with Crippen molar-refractivity contribution in [1.82, 2.24) is 0 Å². The van der Waals surface area contributed by atoms with Crippen molar-refractivity contribution in [3.05, 3.63) is 57.4 Å². The SMILES string of the molecule is COC(=O)c1cc(I)ccc1Oc1ccc(F)cc1. The van der Waals surface area contributed by atoms with E-state index < -0.39 is 5.97 Å². The molecule has 0 N–H and O–H groups in total. The third-order valence-electron chi connectivity index (χ3n) is 2.39. The van der Waals surface area contributed by atoms with Crippen molar-refractivity contribution in [2.24, 2.45) is 0 Å². The van der Waals surface area contributed by atoms with Gasteiger partial charge in [0, 0.05) is 3.57 Å². The lowest BCUT2D eigenvalue weighted by molar-refractivity contribution is 0.0598. The second kappa shape index (κ2) is 6.01. The molecular formula is C14H10FIO3. The number of esters is 1. The van der Waals surface area contributed by atoms with Gasteiger partial charge in [-0.15, -0.1) is 0 Å². The molecule has 0 spiro atoms. The lowest BCUT2D eigenvalue weighted by Gasteiger charge is -2.10. The van der Waals surface area contributed by atoms with Gasteiger partial charge in [-0.3, -0.25) is 0 Å². The Balaban J connectivity index is 2.34. The minimum atomic E-state index is -0.476. The van der Waals surface area contributed by atoms with E-state index in [9.17, 15) is 9.18 Å². The van der Waals surface area contributed by atoms with E-state index >= 15 is 0 Å². The van der Waals surface area contributed by atoms with Gasteiger partial charge in [0.15, 0.2) is 0 Å². The van der Waals surface area contributed by atoms with Crippen molar-refractivity contribution in [3.8, 4) is 11.5 Å². The molecule has 0 radical (unpaired) electrons. The number of rotatable bonds is 3. The molecule has 0 aliphatic carbocycles. The Labute approximate surface area is 123 Å². The minimum absolute atomic E-state index is 0.332. The Morgan fingerprint density at radius 2 is 1.84 bits per heavy atom. The van der Waals surface area contributed by atoms with Crippen LogP contribution in [-0.2, 0) is 4.74 Å². The lowest BCUT2D eigenvalue weighted by Crippen LogP contribution is -2.04. The van der Waals surface area contributed by atoms with Gasteiger partial charge >= 0.3 is 5.97 Å². The van der Waals surface area contributed by atoms with Crippen LogP contribution < -0.4 is 4.74 Å². The number of benzene rings is 2. The zero-order valence-corrected chi connectivity index (χ0v) is 12.2. The standard InChI is InChI=1S/C14H10FIO3/c1-18-14(17)12-8-10(16)4-7-13(12)19-11-5-2-9(15)3-6-11/h2-8H,1H3. The highest BCUT2D eigenvalue weighted by Gasteiger charge is 2.14. The molecule has 3 nitrogen and oxygen atoms in total. The quantitative estimate of drug-likeness (QED) is 0.604. The van der Waals surface area contributed by atoms with Gasteiger partial charge in [-0.25, -0.2) is 9.18 Å². The number of halogens is 2. The summed E-state index contributed by atoms with van der Waals surface area (Å²) in [5.41, 5.74) is 0.332. The van der Waals surface area contributed by atoms with Crippen molar-refractivity contribution in [2.45, 2.75) is 0 Å². The van der Waals surface area contributed by atoms with Crippen molar-refractivity contribution in [2.75, 3.05) is 7.11 Å². The number of methoxy groups -OCH3 is 1. The van der Waals surface area contributed by atoms with Crippen LogP contribution in [0.15, 0.2) is 42.5 Å². The fourth-order valence-corrected chi connectivity index (χ4v) is 1.98. The van der Waals surface area contributed by atoms with Crippen LogP contribution in [-0.4, -0.2) is 13.1 Å². The largest absolute Gasteiger partial charge is 0.465 e. The molecule has 0 atom stereocenters. The zero-order chi connectivity index (χ0) is 13.8. The Morgan fingerprint density at radius 1 is 1.16 bits per heavy atom. The van der Waals surface area contributed by atoms with Gasteiger partial charge in [0.25, 0.3) is 0 Å². The Kier molecular flexibility index (Phi) is 4.36. The minimum Gasteiger partial charge on any atom is -0.465 e. The molecular weight excluding hydrogens is 362 g/mol. The van der Waals surface area contributed by atoms with E-state index in [0.717, 1.165) is 3.57 Å². The molecule has 0 saturated heterocycles. The molecule has 0 saturated carbocycles. The third-order valence-corrected chi connectivity index (χ3v) is 3.06. The molecule has 98 valence electrons. The predicted octanol–water partition coefficient (Wildman–Crippen LogP) is 4.01. The normalized spacial score (nSPS) is 10.1. The average Bonchev–Trinajstić information content (AvgIpc) is 2.42. The van der Waals surface area contributed by atoms with E-state index in [-0.39, 0.29) is 5.82 Å². The first-order valence-electron chi connectivity index (χ1n) is 5.41. The first-order valence-corrected chi connectivity index (χ1v) is 6.49. The van der Waals surface area contributed by atoms with Crippen molar-refractivity contribution in [1.29, 1.82) is 0 Å². The summed E-state index contributed by atoms with van der Waals surface area (Å²) < 4.78 is 24.0. The monoisotopic (exact) mass is 372 g/mol.